The maximum Gasteiger partial charge on any atom is 0.304 e. The first kappa shape index (κ1) is 7.28. The molecule has 0 saturated carbocycles. The van der Waals surface area contributed by atoms with E-state index in [2.05, 4.69) is 0 Å². The number of hydrogen-bond donors (Lipinski definition) is 1. The van der Waals surface area contributed by atoms with Crippen molar-refractivity contribution in [1.82, 2.24) is 0 Å². The largest absolute Gasteiger partial charge is 0.481 e. The van der Waals surface area contributed by atoms with Crippen molar-refractivity contribution < 1.29 is 14.6 Å². The molecule has 3 nitrogen and oxygen atoms in total. The van der Waals surface area contributed by atoms with Crippen LogP contribution in [-0.4, -0.2) is 24.3 Å². The topological polar surface area (TPSA) is 46.5 Å². The normalized spacial score (nSPS) is 24.6. The summed E-state index contributed by atoms with van der Waals surface area (Å²) in [7, 11) is 0. The van der Waals surface area contributed by atoms with E-state index in [1.165, 1.54) is 0 Å². The summed E-state index contributed by atoms with van der Waals surface area (Å²) in [5, 5.41) is 8.38. The van der Waals surface area contributed by atoms with Crippen molar-refractivity contribution >= 4 is 5.97 Å². The SMILES string of the molecule is O=C(O)C[C@H]1C=CCOC1. The molecule has 1 atom stereocenters. The lowest BCUT2D eigenvalue weighted by atomic mass is 10.1. The summed E-state index contributed by atoms with van der Waals surface area (Å²) in [5.74, 6) is -0.689. The molecule has 0 spiro atoms. The highest BCUT2D eigenvalue weighted by Gasteiger charge is 2.11. The third kappa shape index (κ3) is 2.19. The Morgan fingerprint density at radius 2 is 2.60 bits per heavy atom. The molecule has 10 heavy (non-hydrogen) atoms. The molecular formula is C7H10O3. The van der Waals surface area contributed by atoms with Crippen LogP contribution >= 0.6 is 0 Å². The Morgan fingerprint density at radius 1 is 1.80 bits per heavy atom. The zero-order chi connectivity index (χ0) is 7.40. The van der Waals surface area contributed by atoms with Crippen LogP contribution in [0.25, 0.3) is 0 Å². The van der Waals surface area contributed by atoms with Gasteiger partial charge in [0, 0.05) is 5.92 Å². The number of rotatable bonds is 2. The zero-order valence-electron chi connectivity index (χ0n) is 5.62. The molecule has 1 N–H and O–H groups in total. The summed E-state index contributed by atoms with van der Waals surface area (Å²) in [6.07, 6.45) is 3.94. The van der Waals surface area contributed by atoms with Crippen LogP contribution in [-0.2, 0) is 9.53 Å². The molecule has 56 valence electrons. The maximum atomic E-state index is 10.2. The molecular weight excluding hydrogens is 132 g/mol. The Morgan fingerprint density at radius 3 is 3.10 bits per heavy atom. The third-order valence-electron chi connectivity index (χ3n) is 1.39. The van der Waals surface area contributed by atoms with Crippen LogP contribution in [0.5, 0.6) is 0 Å². The average molecular weight is 142 g/mol. The van der Waals surface area contributed by atoms with Gasteiger partial charge in [-0.25, -0.2) is 0 Å². The van der Waals surface area contributed by atoms with Crippen LogP contribution in [0.1, 0.15) is 6.42 Å². The molecule has 0 bridgehead atoms. The molecule has 1 aliphatic rings. The van der Waals surface area contributed by atoms with Crippen LogP contribution in [0.2, 0.25) is 0 Å². The number of hydrogen-bond acceptors (Lipinski definition) is 2. The first-order valence-electron chi connectivity index (χ1n) is 3.25. The molecule has 0 aliphatic carbocycles. The average Bonchev–Trinajstić information content (AvgIpc) is 1.88. The second-order valence-electron chi connectivity index (χ2n) is 2.32. The predicted octanol–water partition coefficient (Wildman–Crippen LogP) is 0.664. The molecule has 1 rings (SSSR count). The Kier molecular flexibility index (Phi) is 2.45. The van der Waals surface area contributed by atoms with Crippen molar-refractivity contribution in [2.75, 3.05) is 13.2 Å². The second-order valence-corrected chi connectivity index (χ2v) is 2.32. The fourth-order valence-electron chi connectivity index (χ4n) is 0.942. The molecule has 0 aromatic carbocycles. The van der Waals surface area contributed by atoms with Gasteiger partial charge in [-0.2, -0.15) is 0 Å². The van der Waals surface area contributed by atoms with E-state index in [0.717, 1.165) is 0 Å². The quantitative estimate of drug-likeness (QED) is 0.576. The van der Waals surface area contributed by atoms with Crippen LogP contribution in [0.4, 0.5) is 0 Å². The van der Waals surface area contributed by atoms with E-state index in [1.54, 1.807) is 0 Å². The minimum atomic E-state index is -0.764. The van der Waals surface area contributed by atoms with Gasteiger partial charge in [-0.1, -0.05) is 12.2 Å². The van der Waals surface area contributed by atoms with Crippen molar-refractivity contribution in [2.45, 2.75) is 6.42 Å². The minimum Gasteiger partial charge on any atom is -0.481 e. The summed E-state index contributed by atoms with van der Waals surface area (Å²) < 4.78 is 5.03. The molecule has 1 heterocycles. The zero-order valence-corrected chi connectivity index (χ0v) is 5.62. The van der Waals surface area contributed by atoms with Crippen molar-refractivity contribution in [1.29, 1.82) is 0 Å². The molecule has 0 saturated heterocycles. The van der Waals surface area contributed by atoms with Crippen LogP contribution in [0, 0.1) is 5.92 Å². The first-order chi connectivity index (χ1) is 4.79. The van der Waals surface area contributed by atoms with Crippen molar-refractivity contribution in [3.8, 4) is 0 Å². The maximum absolute atomic E-state index is 10.2. The summed E-state index contributed by atoms with van der Waals surface area (Å²) in [4.78, 5) is 10.2. The summed E-state index contributed by atoms with van der Waals surface area (Å²) in [6, 6.07) is 0. The van der Waals surface area contributed by atoms with Gasteiger partial charge in [-0.05, 0) is 0 Å². The molecule has 0 aromatic rings. The van der Waals surface area contributed by atoms with Crippen LogP contribution in [0.3, 0.4) is 0 Å². The lowest BCUT2D eigenvalue weighted by molar-refractivity contribution is -0.138. The smallest absolute Gasteiger partial charge is 0.304 e. The Labute approximate surface area is 59.3 Å². The van der Waals surface area contributed by atoms with Gasteiger partial charge in [0.05, 0.1) is 19.6 Å². The van der Waals surface area contributed by atoms with Gasteiger partial charge in [0.15, 0.2) is 0 Å². The van der Waals surface area contributed by atoms with E-state index in [1.807, 2.05) is 12.2 Å². The highest BCUT2D eigenvalue weighted by Crippen LogP contribution is 2.09. The molecule has 3 heteroatoms. The molecule has 0 radical (unpaired) electrons. The number of carbonyl (C=O) groups is 1. The van der Waals surface area contributed by atoms with Gasteiger partial charge >= 0.3 is 5.97 Å². The van der Waals surface area contributed by atoms with E-state index in [9.17, 15) is 4.79 Å². The summed E-state index contributed by atoms with van der Waals surface area (Å²) in [5.41, 5.74) is 0. The number of aliphatic carboxylic acids is 1. The summed E-state index contributed by atoms with van der Waals surface area (Å²) >= 11 is 0. The molecule has 0 fully saturated rings. The highest BCUT2D eigenvalue weighted by atomic mass is 16.5. The van der Waals surface area contributed by atoms with Crippen molar-refractivity contribution in [3.05, 3.63) is 12.2 Å². The van der Waals surface area contributed by atoms with Gasteiger partial charge in [0.25, 0.3) is 0 Å². The Balaban J connectivity index is 2.33. The lowest BCUT2D eigenvalue weighted by Gasteiger charge is -2.13. The lowest BCUT2D eigenvalue weighted by Crippen LogP contribution is -2.15. The van der Waals surface area contributed by atoms with E-state index in [-0.39, 0.29) is 12.3 Å². The Hall–Kier alpha value is -0.830. The molecule has 0 amide bonds. The van der Waals surface area contributed by atoms with E-state index >= 15 is 0 Å². The van der Waals surface area contributed by atoms with Gasteiger partial charge in [0.2, 0.25) is 0 Å². The monoisotopic (exact) mass is 142 g/mol. The predicted molar refractivity (Wildman–Crippen MR) is 35.7 cm³/mol. The van der Waals surface area contributed by atoms with Crippen LogP contribution in [0.15, 0.2) is 12.2 Å². The minimum absolute atomic E-state index is 0.0752. The molecule has 0 unspecified atom stereocenters. The third-order valence-corrected chi connectivity index (χ3v) is 1.39. The van der Waals surface area contributed by atoms with Gasteiger partial charge in [0.1, 0.15) is 0 Å². The van der Waals surface area contributed by atoms with Crippen LogP contribution < -0.4 is 0 Å². The number of ether oxygens (including phenoxy) is 1. The highest BCUT2D eigenvalue weighted by molar-refractivity contribution is 5.67. The van der Waals surface area contributed by atoms with E-state index in [0.29, 0.717) is 13.2 Å². The first-order valence-corrected chi connectivity index (χ1v) is 3.25. The van der Waals surface area contributed by atoms with E-state index < -0.39 is 5.97 Å². The summed E-state index contributed by atoms with van der Waals surface area (Å²) in [6.45, 7) is 1.17. The molecule has 0 aromatic heterocycles. The number of carboxylic acid groups (broad SMARTS) is 1. The number of carboxylic acids is 1. The Bertz CT molecular complexity index is 151. The van der Waals surface area contributed by atoms with Crippen molar-refractivity contribution in [3.63, 3.8) is 0 Å². The van der Waals surface area contributed by atoms with Gasteiger partial charge in [-0.3, -0.25) is 4.79 Å². The van der Waals surface area contributed by atoms with Gasteiger partial charge < -0.3 is 9.84 Å². The fraction of sp³-hybridized carbons (Fsp3) is 0.571. The van der Waals surface area contributed by atoms with Crippen molar-refractivity contribution in [2.24, 2.45) is 5.92 Å². The van der Waals surface area contributed by atoms with Gasteiger partial charge in [-0.15, -0.1) is 0 Å². The second kappa shape index (κ2) is 3.37. The standard InChI is InChI=1S/C7H10O3/c8-7(9)4-6-2-1-3-10-5-6/h1-2,6H,3-5H2,(H,8,9)/t6-/m1/s1. The fourth-order valence-corrected chi connectivity index (χ4v) is 0.942. The van der Waals surface area contributed by atoms with E-state index in [4.69, 9.17) is 9.84 Å². The molecule has 1 aliphatic heterocycles.